The summed E-state index contributed by atoms with van der Waals surface area (Å²) in [6.07, 6.45) is 19.9. The standard InChI is InChI=1S/3C19H18O3.2Pd/c3*1-21-18-11-5-15(6-12-18)3-9-17(20)10-4-16-7-13-19(22-2)14-8-16;;/h3*3-14H,1-2H3;;. The summed E-state index contributed by atoms with van der Waals surface area (Å²) in [6, 6.07) is 45.1. The van der Waals surface area contributed by atoms with Crippen LogP contribution < -0.4 is 28.4 Å². The zero-order chi connectivity index (χ0) is 47.4. The van der Waals surface area contributed by atoms with Crippen LogP contribution in [-0.4, -0.2) is 60.0 Å². The Morgan fingerprint density at radius 2 is 0.368 bits per heavy atom. The number of carbonyl (C=O) groups excluding carboxylic acids is 3. The molecule has 0 amide bonds. The third-order valence-corrected chi connectivity index (χ3v) is 9.34. The molecule has 0 radical (unpaired) electrons. The molecule has 6 rings (SSSR count). The van der Waals surface area contributed by atoms with Gasteiger partial charge in [-0.05, 0) is 143 Å². The molecule has 6 aromatic rings. The van der Waals surface area contributed by atoms with E-state index >= 15 is 0 Å². The van der Waals surface area contributed by atoms with Gasteiger partial charge in [0.05, 0.1) is 42.7 Å². The van der Waals surface area contributed by atoms with Gasteiger partial charge >= 0.3 is 0 Å². The number of ether oxygens (including phenoxy) is 6. The van der Waals surface area contributed by atoms with Crippen molar-refractivity contribution in [2.45, 2.75) is 0 Å². The Morgan fingerprint density at radius 1 is 0.250 bits per heavy atom. The van der Waals surface area contributed by atoms with Crippen LogP contribution in [0.15, 0.2) is 182 Å². The monoisotopic (exact) mass is 1090 g/mol. The molecule has 0 aromatic heterocycles. The Labute approximate surface area is 427 Å². The fraction of sp³-hybridized carbons (Fsp3) is 0.105. The van der Waals surface area contributed by atoms with Gasteiger partial charge < -0.3 is 28.4 Å². The van der Waals surface area contributed by atoms with Crippen LogP contribution in [-0.2, 0) is 55.2 Å². The van der Waals surface area contributed by atoms with E-state index in [1.807, 2.05) is 146 Å². The van der Waals surface area contributed by atoms with Gasteiger partial charge in [0.1, 0.15) is 34.5 Å². The maximum absolute atomic E-state index is 11.8. The predicted molar refractivity (Wildman–Crippen MR) is 267 cm³/mol. The summed E-state index contributed by atoms with van der Waals surface area (Å²) >= 11 is 0. The summed E-state index contributed by atoms with van der Waals surface area (Å²) in [5.74, 6) is 4.58. The summed E-state index contributed by atoms with van der Waals surface area (Å²) in [5, 5.41) is 0. The van der Waals surface area contributed by atoms with Gasteiger partial charge in [-0.1, -0.05) is 109 Å². The van der Waals surface area contributed by atoms with Crippen LogP contribution >= 0.6 is 0 Å². The molecule has 0 saturated carbocycles. The Hall–Kier alpha value is -7.11. The second-order valence-corrected chi connectivity index (χ2v) is 13.8. The van der Waals surface area contributed by atoms with Crippen molar-refractivity contribution in [2.24, 2.45) is 0 Å². The van der Waals surface area contributed by atoms with Gasteiger partial charge in [-0.3, -0.25) is 14.4 Å². The number of allylic oxidation sites excluding steroid dienone is 6. The van der Waals surface area contributed by atoms with Crippen molar-refractivity contribution in [1.82, 2.24) is 0 Å². The van der Waals surface area contributed by atoms with Crippen LogP contribution in [0.25, 0.3) is 36.5 Å². The number of ketones is 3. The predicted octanol–water partition coefficient (Wildman–Crippen LogP) is 12.0. The van der Waals surface area contributed by atoms with Crippen LogP contribution in [0.4, 0.5) is 0 Å². The van der Waals surface area contributed by atoms with E-state index < -0.39 is 0 Å². The topological polar surface area (TPSA) is 107 Å². The molecule has 0 aliphatic carbocycles. The van der Waals surface area contributed by atoms with Crippen LogP contribution in [0, 0.1) is 0 Å². The number of hydrogen-bond donors (Lipinski definition) is 0. The molecule has 0 aliphatic heterocycles. The van der Waals surface area contributed by atoms with E-state index in [9.17, 15) is 14.4 Å². The Balaban J connectivity index is 0.000000345. The fourth-order valence-corrected chi connectivity index (χ4v) is 5.53. The third kappa shape index (κ3) is 21.9. The summed E-state index contributed by atoms with van der Waals surface area (Å²) in [7, 11) is 9.74. The minimum Gasteiger partial charge on any atom is -0.497 e. The van der Waals surface area contributed by atoms with Gasteiger partial charge in [0.2, 0.25) is 0 Å². The molecule has 11 heteroatoms. The SMILES string of the molecule is COc1ccc(C=CC(=O)C=Cc2ccc(OC)cc2)cc1.COc1ccc(C=CC(=O)C=Cc2ccc(OC)cc2)cc1.COc1ccc(C=CC(=O)C=Cc2ccc(OC)cc2)cc1.[Pd].[Pd]. The third-order valence-electron chi connectivity index (χ3n) is 9.34. The Kier molecular flexibility index (Phi) is 27.3. The van der Waals surface area contributed by atoms with Gasteiger partial charge in [0.15, 0.2) is 17.3 Å². The molecule has 0 N–H and O–H groups in total. The number of methoxy groups -OCH3 is 6. The first-order valence-electron chi connectivity index (χ1n) is 20.7. The summed E-state index contributed by atoms with van der Waals surface area (Å²) in [5.41, 5.74) is 5.71. The van der Waals surface area contributed by atoms with Crippen molar-refractivity contribution in [2.75, 3.05) is 42.7 Å². The minimum absolute atomic E-state index is 0. The molecule has 0 spiro atoms. The molecule has 0 fully saturated rings. The molecule has 0 bridgehead atoms. The molecular weight excluding hydrogens is 1040 g/mol. The normalized spacial score (nSPS) is 10.7. The largest absolute Gasteiger partial charge is 0.497 e. The molecular formula is C57H54O9Pd2. The summed E-state index contributed by atoms with van der Waals surface area (Å²) in [6.45, 7) is 0. The van der Waals surface area contributed by atoms with Crippen LogP contribution in [0.3, 0.4) is 0 Å². The number of benzene rings is 6. The van der Waals surface area contributed by atoms with Crippen molar-refractivity contribution in [3.63, 3.8) is 0 Å². The molecule has 0 heterocycles. The summed E-state index contributed by atoms with van der Waals surface area (Å²) < 4.78 is 30.5. The van der Waals surface area contributed by atoms with Gasteiger partial charge in [-0.25, -0.2) is 0 Å². The molecule has 68 heavy (non-hydrogen) atoms. The second-order valence-electron chi connectivity index (χ2n) is 13.8. The molecule has 0 unspecified atom stereocenters. The molecule has 0 saturated heterocycles. The average Bonchev–Trinajstić information content (AvgIpc) is 3.38. The minimum atomic E-state index is -0.0633. The van der Waals surface area contributed by atoms with Gasteiger partial charge in [-0.15, -0.1) is 0 Å². The second kappa shape index (κ2) is 32.5. The fourth-order valence-electron chi connectivity index (χ4n) is 5.53. The maximum Gasteiger partial charge on any atom is 0.178 e. The van der Waals surface area contributed by atoms with Crippen LogP contribution in [0.5, 0.6) is 34.5 Å². The van der Waals surface area contributed by atoms with Crippen molar-refractivity contribution in [1.29, 1.82) is 0 Å². The van der Waals surface area contributed by atoms with E-state index in [4.69, 9.17) is 28.4 Å². The van der Waals surface area contributed by atoms with Crippen molar-refractivity contribution < 1.29 is 83.7 Å². The van der Waals surface area contributed by atoms with E-state index in [0.29, 0.717) is 0 Å². The maximum atomic E-state index is 11.8. The van der Waals surface area contributed by atoms with E-state index in [2.05, 4.69) is 0 Å². The first kappa shape index (κ1) is 57.0. The van der Waals surface area contributed by atoms with Crippen molar-refractivity contribution in [3.8, 4) is 34.5 Å². The molecule has 0 aliphatic rings. The number of carbonyl (C=O) groups is 3. The van der Waals surface area contributed by atoms with Gasteiger partial charge in [0, 0.05) is 40.8 Å². The van der Waals surface area contributed by atoms with Gasteiger partial charge in [0.25, 0.3) is 0 Å². The van der Waals surface area contributed by atoms with Crippen LogP contribution in [0.1, 0.15) is 33.4 Å². The van der Waals surface area contributed by atoms with E-state index in [1.165, 1.54) is 0 Å². The summed E-state index contributed by atoms with van der Waals surface area (Å²) in [4.78, 5) is 35.4. The zero-order valence-corrected chi connectivity index (χ0v) is 41.7. The molecule has 9 nitrogen and oxygen atoms in total. The Bertz CT molecular complexity index is 2120. The number of rotatable bonds is 18. The molecule has 6 aromatic carbocycles. The van der Waals surface area contributed by atoms with Gasteiger partial charge in [-0.2, -0.15) is 0 Å². The van der Waals surface area contributed by atoms with E-state index in [1.54, 1.807) is 116 Å². The first-order valence-corrected chi connectivity index (χ1v) is 20.7. The van der Waals surface area contributed by atoms with Crippen molar-refractivity contribution in [3.05, 3.63) is 215 Å². The Morgan fingerprint density at radius 3 is 0.471 bits per heavy atom. The number of hydrogen-bond acceptors (Lipinski definition) is 9. The smallest absolute Gasteiger partial charge is 0.178 e. The van der Waals surface area contributed by atoms with Crippen LogP contribution in [0.2, 0.25) is 0 Å². The average molecular weight is 1100 g/mol. The van der Waals surface area contributed by atoms with E-state index in [0.717, 1.165) is 67.9 Å². The quantitative estimate of drug-likeness (QED) is 0.0614. The molecule has 0 atom stereocenters. The van der Waals surface area contributed by atoms with Crippen molar-refractivity contribution >= 4 is 53.8 Å². The molecule has 356 valence electrons. The van der Waals surface area contributed by atoms with E-state index in [-0.39, 0.29) is 58.2 Å². The zero-order valence-electron chi connectivity index (χ0n) is 38.6. The first-order chi connectivity index (χ1) is 32.1.